The molecule has 0 aromatic carbocycles. The van der Waals surface area contributed by atoms with Gasteiger partial charge in [0, 0.05) is 23.2 Å². The second kappa shape index (κ2) is 6.09. The molecule has 10 heteroatoms. The predicted octanol–water partition coefficient (Wildman–Crippen LogP) is 2.82. The number of rotatable bonds is 3. The van der Waals surface area contributed by atoms with E-state index in [9.17, 15) is 4.79 Å². The molecular weight excluding hydrogens is 404 g/mol. The van der Waals surface area contributed by atoms with Gasteiger partial charge in [-0.05, 0) is 32.3 Å². The Hall–Kier alpha value is -3.33. The van der Waals surface area contributed by atoms with Crippen LogP contribution in [0.4, 0.5) is 5.69 Å². The van der Waals surface area contributed by atoms with E-state index in [-0.39, 0.29) is 17.2 Å². The Morgan fingerprint density at radius 1 is 1.20 bits per heavy atom. The summed E-state index contributed by atoms with van der Waals surface area (Å²) in [5.74, 6) is 0.0338. The van der Waals surface area contributed by atoms with Crippen LogP contribution in [0.3, 0.4) is 0 Å². The smallest absolute Gasteiger partial charge is 0.232 e. The summed E-state index contributed by atoms with van der Waals surface area (Å²) in [6, 6.07) is 3.62. The number of aryl methyl sites for hydroxylation is 1. The Morgan fingerprint density at radius 3 is 2.73 bits per heavy atom. The summed E-state index contributed by atoms with van der Waals surface area (Å²) in [7, 11) is 0. The van der Waals surface area contributed by atoms with E-state index in [0.29, 0.717) is 16.5 Å². The zero-order valence-corrected chi connectivity index (χ0v) is 16.8. The van der Waals surface area contributed by atoms with Crippen LogP contribution in [0, 0.1) is 6.92 Å². The first-order chi connectivity index (χ1) is 14.5. The third-order valence-electron chi connectivity index (χ3n) is 5.97. The molecule has 150 valence electrons. The minimum Gasteiger partial charge on any atom is -0.324 e. The molecule has 1 saturated carbocycles. The van der Waals surface area contributed by atoms with Gasteiger partial charge < -0.3 is 5.32 Å². The van der Waals surface area contributed by atoms with E-state index in [1.807, 2.05) is 23.7 Å². The van der Waals surface area contributed by atoms with Crippen molar-refractivity contribution >= 4 is 28.8 Å². The second-order valence-corrected chi connectivity index (χ2v) is 8.40. The molecule has 2 aliphatic carbocycles. The highest BCUT2D eigenvalue weighted by atomic mass is 35.5. The summed E-state index contributed by atoms with van der Waals surface area (Å²) in [6.45, 7) is 1.96. The van der Waals surface area contributed by atoms with Crippen molar-refractivity contribution in [2.75, 3.05) is 5.32 Å². The van der Waals surface area contributed by atoms with Gasteiger partial charge in [-0.2, -0.15) is 15.3 Å². The molecule has 0 radical (unpaired) electrons. The first kappa shape index (κ1) is 17.5. The van der Waals surface area contributed by atoms with Crippen LogP contribution in [-0.2, 0) is 10.2 Å². The van der Waals surface area contributed by atoms with Crippen molar-refractivity contribution in [3.8, 4) is 5.82 Å². The molecule has 1 atom stereocenters. The highest BCUT2D eigenvalue weighted by molar-refractivity contribution is 6.32. The van der Waals surface area contributed by atoms with Crippen molar-refractivity contribution in [3.05, 3.63) is 58.9 Å². The first-order valence-corrected chi connectivity index (χ1v) is 10.1. The molecular formula is C20H17ClN8O. The Balaban J connectivity index is 1.32. The minimum absolute atomic E-state index is 0.0303. The number of hydrogen-bond donors (Lipinski definition) is 1. The number of fused-ring (bicyclic) bond motifs is 4. The number of anilines is 1. The SMILES string of the molecule is Cc1cc2ncc3c(n2n1)C1(CC1)CC3C(=O)Nc1cnc(-n2nccn2)c(Cl)c1. The Bertz CT molecular complexity index is 1310. The van der Waals surface area contributed by atoms with Gasteiger partial charge in [-0.15, -0.1) is 4.80 Å². The molecule has 1 unspecified atom stereocenters. The van der Waals surface area contributed by atoms with Crippen LogP contribution in [0.25, 0.3) is 11.5 Å². The molecule has 4 heterocycles. The van der Waals surface area contributed by atoms with E-state index >= 15 is 0 Å². The molecule has 30 heavy (non-hydrogen) atoms. The molecule has 9 nitrogen and oxygen atoms in total. The van der Waals surface area contributed by atoms with Crippen LogP contribution >= 0.6 is 11.6 Å². The summed E-state index contributed by atoms with van der Waals surface area (Å²) in [4.78, 5) is 23.3. The lowest BCUT2D eigenvalue weighted by Gasteiger charge is -2.13. The first-order valence-electron chi connectivity index (χ1n) is 9.73. The van der Waals surface area contributed by atoms with Crippen LogP contribution < -0.4 is 5.32 Å². The summed E-state index contributed by atoms with van der Waals surface area (Å²) < 4.78 is 1.93. The normalized spacial score (nSPS) is 18.7. The number of carbonyl (C=O) groups excluding carboxylic acids is 1. The number of amides is 1. The molecule has 1 amide bonds. The Kier molecular flexibility index (Phi) is 3.55. The third-order valence-corrected chi connectivity index (χ3v) is 6.25. The molecule has 4 aromatic rings. The fraction of sp³-hybridized carbons (Fsp3) is 0.300. The summed E-state index contributed by atoms with van der Waals surface area (Å²) in [5, 5.41) is 16.0. The van der Waals surface area contributed by atoms with Gasteiger partial charge >= 0.3 is 0 Å². The molecule has 1 N–H and O–H groups in total. The lowest BCUT2D eigenvalue weighted by atomic mass is 9.99. The molecule has 2 aliphatic rings. The van der Waals surface area contributed by atoms with Crippen molar-refractivity contribution in [2.45, 2.75) is 37.5 Å². The van der Waals surface area contributed by atoms with Crippen LogP contribution in [0.15, 0.2) is 36.9 Å². The van der Waals surface area contributed by atoms with Gasteiger partial charge in [0.05, 0.1) is 46.6 Å². The Morgan fingerprint density at radius 2 is 2.00 bits per heavy atom. The minimum atomic E-state index is -0.282. The lowest BCUT2D eigenvalue weighted by molar-refractivity contribution is -0.117. The second-order valence-electron chi connectivity index (χ2n) is 7.99. The van der Waals surface area contributed by atoms with Gasteiger partial charge in [0.2, 0.25) is 5.91 Å². The number of nitrogens with zero attached hydrogens (tertiary/aromatic N) is 7. The van der Waals surface area contributed by atoms with Crippen molar-refractivity contribution < 1.29 is 4.79 Å². The van der Waals surface area contributed by atoms with Crippen LogP contribution in [0.1, 0.15) is 42.1 Å². The fourth-order valence-corrected chi connectivity index (χ4v) is 4.71. The van der Waals surface area contributed by atoms with E-state index in [1.165, 1.54) is 4.80 Å². The molecule has 0 saturated heterocycles. The van der Waals surface area contributed by atoms with E-state index in [2.05, 4.69) is 30.6 Å². The fourth-order valence-electron chi connectivity index (χ4n) is 4.47. The van der Waals surface area contributed by atoms with E-state index in [0.717, 1.165) is 41.9 Å². The van der Waals surface area contributed by atoms with Gasteiger partial charge in [-0.3, -0.25) is 4.79 Å². The van der Waals surface area contributed by atoms with Crippen molar-refractivity contribution in [1.82, 2.24) is 34.6 Å². The van der Waals surface area contributed by atoms with E-state index in [1.54, 1.807) is 24.7 Å². The highest BCUT2D eigenvalue weighted by Crippen LogP contribution is 2.60. The topological polar surface area (TPSA) is 103 Å². The highest BCUT2D eigenvalue weighted by Gasteiger charge is 2.56. The number of carbonyl (C=O) groups is 1. The van der Waals surface area contributed by atoms with Gasteiger partial charge in [0.15, 0.2) is 11.5 Å². The van der Waals surface area contributed by atoms with Crippen molar-refractivity contribution in [3.63, 3.8) is 0 Å². The number of halogens is 1. The lowest BCUT2D eigenvalue weighted by Crippen LogP contribution is -2.20. The quantitative estimate of drug-likeness (QED) is 0.546. The molecule has 0 bridgehead atoms. The van der Waals surface area contributed by atoms with Gasteiger partial charge in [0.1, 0.15) is 0 Å². The maximum Gasteiger partial charge on any atom is 0.232 e. The van der Waals surface area contributed by atoms with Gasteiger partial charge in [-0.1, -0.05) is 11.6 Å². The summed E-state index contributed by atoms with van der Waals surface area (Å²) >= 11 is 6.33. The number of hydrogen-bond acceptors (Lipinski definition) is 6. The van der Waals surface area contributed by atoms with Gasteiger partial charge in [0.25, 0.3) is 0 Å². The average molecular weight is 421 g/mol. The third kappa shape index (κ3) is 2.55. The molecule has 4 aromatic heterocycles. The maximum atomic E-state index is 13.2. The predicted molar refractivity (Wildman–Crippen MR) is 109 cm³/mol. The monoisotopic (exact) mass is 420 g/mol. The van der Waals surface area contributed by atoms with Crippen LogP contribution in [0.2, 0.25) is 5.02 Å². The zero-order valence-electron chi connectivity index (χ0n) is 16.1. The summed E-state index contributed by atoms with van der Waals surface area (Å²) in [5.41, 5.74) is 4.41. The Labute approximate surface area is 176 Å². The molecule has 6 rings (SSSR count). The molecule has 1 spiro atoms. The maximum absolute atomic E-state index is 13.2. The number of aromatic nitrogens is 7. The zero-order chi connectivity index (χ0) is 20.5. The standard InChI is InChI=1S/C20H17ClN8O/c1-11-6-16-22-10-14-13(8-20(2-3-20)17(14)28(16)27-11)19(30)26-12-7-15(21)18(23-9-12)29-24-4-5-25-29/h4-7,9-10,13H,2-3,8H2,1H3,(H,26,30). The average Bonchev–Trinajstić information content (AvgIpc) is 3.06. The summed E-state index contributed by atoms with van der Waals surface area (Å²) in [6.07, 6.45) is 9.40. The van der Waals surface area contributed by atoms with E-state index < -0.39 is 0 Å². The largest absolute Gasteiger partial charge is 0.324 e. The number of pyridine rings is 1. The molecule has 1 fully saturated rings. The van der Waals surface area contributed by atoms with Crippen LogP contribution in [0.5, 0.6) is 0 Å². The number of nitrogens with one attached hydrogen (secondary N) is 1. The van der Waals surface area contributed by atoms with E-state index in [4.69, 9.17) is 11.6 Å². The van der Waals surface area contributed by atoms with Crippen molar-refractivity contribution in [2.24, 2.45) is 0 Å². The van der Waals surface area contributed by atoms with Gasteiger partial charge in [-0.25, -0.2) is 14.5 Å². The van der Waals surface area contributed by atoms with Crippen molar-refractivity contribution in [1.29, 1.82) is 0 Å². The molecule has 0 aliphatic heterocycles. The van der Waals surface area contributed by atoms with Crippen LogP contribution in [-0.4, -0.2) is 40.5 Å².